The summed E-state index contributed by atoms with van der Waals surface area (Å²) in [5, 5.41) is 12.1. The third-order valence-corrected chi connectivity index (χ3v) is 5.86. The van der Waals surface area contributed by atoms with Crippen LogP contribution in [0.15, 0.2) is 41.7 Å². The van der Waals surface area contributed by atoms with E-state index in [9.17, 15) is 9.18 Å². The molecule has 11 heteroatoms. The van der Waals surface area contributed by atoms with Crippen molar-refractivity contribution in [3.63, 3.8) is 0 Å². The lowest BCUT2D eigenvalue weighted by Gasteiger charge is -2.36. The second kappa shape index (κ2) is 6.12. The summed E-state index contributed by atoms with van der Waals surface area (Å²) in [7, 11) is 0. The zero-order chi connectivity index (χ0) is 20.4. The van der Waals surface area contributed by atoms with Gasteiger partial charge >= 0.3 is 0 Å². The van der Waals surface area contributed by atoms with Crippen LogP contribution >= 0.6 is 0 Å². The van der Waals surface area contributed by atoms with Crippen LogP contribution in [0.4, 0.5) is 10.2 Å². The summed E-state index contributed by atoms with van der Waals surface area (Å²) in [4.78, 5) is 23.8. The van der Waals surface area contributed by atoms with Gasteiger partial charge in [-0.25, -0.2) is 15.0 Å². The van der Waals surface area contributed by atoms with E-state index < -0.39 is 6.08 Å². The second-order valence-corrected chi connectivity index (χ2v) is 7.52. The summed E-state index contributed by atoms with van der Waals surface area (Å²) in [5.74, 6) is 0.568. The molecular weight excluding hydrogens is 389 g/mol. The van der Waals surface area contributed by atoms with Crippen molar-refractivity contribution in [2.75, 3.05) is 16.7 Å². The number of anilines is 1. The molecule has 0 bridgehead atoms. The lowest BCUT2D eigenvalue weighted by atomic mass is 10.1. The van der Waals surface area contributed by atoms with Gasteiger partial charge in [0.15, 0.2) is 12.0 Å². The van der Waals surface area contributed by atoms with E-state index >= 15 is 0 Å². The van der Waals surface area contributed by atoms with Gasteiger partial charge in [-0.3, -0.25) is 9.36 Å². The van der Waals surface area contributed by atoms with E-state index in [-0.39, 0.29) is 18.1 Å². The van der Waals surface area contributed by atoms with Gasteiger partial charge in [-0.2, -0.15) is 9.51 Å². The fraction of sp³-hybridized carbons (Fsp3) is 0.316. The molecule has 1 fully saturated rings. The minimum Gasteiger partial charge on any atom is -0.334 e. The minimum atomic E-state index is -0.593. The van der Waals surface area contributed by atoms with Gasteiger partial charge in [0.2, 0.25) is 5.91 Å². The first-order valence-corrected chi connectivity index (χ1v) is 9.77. The lowest BCUT2D eigenvalue weighted by Crippen LogP contribution is -2.49. The standard InChI is InChI=1S/C19H18FN9O/c1-12(30)25-8-4-7-16(25)14-10-26(24-23-14)27-11-22-18-13-5-2-3-6-15(13)28-17(29(18)27)9-21-19(28)20/h2-3,5-6,9-11,16,18H,4,7-8H2,1H3. The molecule has 0 saturated carbocycles. The number of carbonyl (C=O) groups is 1. The molecule has 1 saturated heterocycles. The number of carbonyl (C=O) groups excluding carboxylic acids is 1. The van der Waals surface area contributed by atoms with Gasteiger partial charge in [0.25, 0.3) is 6.08 Å². The smallest absolute Gasteiger partial charge is 0.295 e. The van der Waals surface area contributed by atoms with Gasteiger partial charge in [-0.1, -0.05) is 18.2 Å². The molecule has 2 aromatic heterocycles. The highest BCUT2D eigenvalue weighted by Gasteiger charge is 2.40. The van der Waals surface area contributed by atoms with E-state index in [4.69, 9.17) is 0 Å². The number of imidazole rings is 1. The van der Waals surface area contributed by atoms with Gasteiger partial charge in [0, 0.05) is 19.0 Å². The van der Waals surface area contributed by atoms with Crippen molar-refractivity contribution in [2.24, 2.45) is 4.99 Å². The quantitative estimate of drug-likeness (QED) is 0.643. The molecule has 5 heterocycles. The summed E-state index contributed by atoms with van der Waals surface area (Å²) < 4.78 is 16.0. The SMILES string of the molecule is CC(=O)N1CCCC1c1cn(N2C=NC3c4ccccc4-n4c(cnc4F)N32)nn1. The molecule has 3 aliphatic heterocycles. The molecule has 1 amide bonds. The van der Waals surface area contributed by atoms with Crippen LogP contribution < -0.4 is 10.1 Å². The van der Waals surface area contributed by atoms with E-state index in [1.165, 1.54) is 10.8 Å². The number of fused-ring (bicyclic) bond motifs is 6. The zero-order valence-corrected chi connectivity index (χ0v) is 16.1. The number of nitrogens with zero attached hydrogens (tertiary/aromatic N) is 9. The third-order valence-electron chi connectivity index (χ3n) is 5.86. The highest BCUT2D eigenvalue weighted by atomic mass is 19.1. The molecule has 0 N–H and O–H groups in total. The highest BCUT2D eigenvalue weighted by Crippen LogP contribution is 2.41. The second-order valence-electron chi connectivity index (χ2n) is 7.52. The number of rotatable bonds is 2. The van der Waals surface area contributed by atoms with Gasteiger partial charge in [0.05, 0.1) is 24.1 Å². The van der Waals surface area contributed by atoms with Crippen molar-refractivity contribution in [2.45, 2.75) is 32.0 Å². The number of amides is 1. The van der Waals surface area contributed by atoms with E-state index in [0.29, 0.717) is 11.5 Å². The number of halogens is 1. The monoisotopic (exact) mass is 407 g/mol. The van der Waals surface area contributed by atoms with E-state index in [0.717, 1.165) is 30.6 Å². The van der Waals surface area contributed by atoms with Gasteiger partial charge < -0.3 is 4.90 Å². The maximum absolute atomic E-state index is 14.5. The number of aromatic nitrogens is 5. The normalized spacial score (nSPS) is 21.7. The van der Waals surface area contributed by atoms with Gasteiger partial charge in [-0.15, -0.1) is 9.89 Å². The molecule has 0 radical (unpaired) electrons. The van der Waals surface area contributed by atoms with Crippen molar-refractivity contribution in [1.82, 2.24) is 29.6 Å². The molecule has 0 aliphatic carbocycles. The molecule has 3 aliphatic rings. The third kappa shape index (κ3) is 2.25. The lowest BCUT2D eigenvalue weighted by molar-refractivity contribution is -0.129. The molecule has 3 aromatic rings. The Morgan fingerprint density at radius 1 is 1.27 bits per heavy atom. The molecule has 2 unspecified atom stereocenters. The molecule has 1 aromatic carbocycles. The molecule has 152 valence electrons. The van der Waals surface area contributed by atoms with Crippen molar-refractivity contribution in [1.29, 1.82) is 0 Å². The fourth-order valence-electron chi connectivity index (χ4n) is 4.53. The molecule has 0 spiro atoms. The van der Waals surface area contributed by atoms with Gasteiger partial charge in [-0.05, 0) is 24.1 Å². The molecule has 30 heavy (non-hydrogen) atoms. The van der Waals surface area contributed by atoms with Crippen LogP contribution in [0.1, 0.15) is 43.2 Å². The summed E-state index contributed by atoms with van der Waals surface area (Å²) in [6, 6.07) is 7.45. The van der Waals surface area contributed by atoms with Crippen LogP contribution in [0, 0.1) is 6.08 Å². The summed E-state index contributed by atoms with van der Waals surface area (Å²) in [6.45, 7) is 2.29. The Balaban J connectivity index is 1.39. The maximum Gasteiger partial charge on any atom is 0.295 e. The van der Waals surface area contributed by atoms with Crippen molar-refractivity contribution in [3.8, 4) is 5.69 Å². The van der Waals surface area contributed by atoms with Crippen LogP contribution in [0.3, 0.4) is 0 Å². The number of benzene rings is 1. The highest BCUT2D eigenvalue weighted by molar-refractivity contribution is 5.78. The Kier molecular flexibility index (Phi) is 3.49. The Bertz CT molecular complexity index is 1180. The molecule has 10 nitrogen and oxygen atoms in total. The molecule has 6 rings (SSSR count). The van der Waals surface area contributed by atoms with Crippen molar-refractivity contribution >= 4 is 18.1 Å². The van der Waals surface area contributed by atoms with E-state index in [2.05, 4.69) is 20.3 Å². The first kappa shape index (κ1) is 17.1. The molecular formula is C19H18FN9O. The Morgan fingerprint density at radius 2 is 2.13 bits per heavy atom. The number of aliphatic imine (C=N–C) groups is 1. The van der Waals surface area contributed by atoms with Gasteiger partial charge in [0.1, 0.15) is 12.0 Å². The number of hydrogen-bond acceptors (Lipinski definition) is 7. The topological polar surface area (TPSA) is 87.7 Å². The summed E-state index contributed by atoms with van der Waals surface area (Å²) in [5.41, 5.74) is 2.29. The average Bonchev–Trinajstić information content (AvgIpc) is 3.52. The number of hydrogen-bond donors (Lipinski definition) is 0. The summed E-state index contributed by atoms with van der Waals surface area (Å²) >= 11 is 0. The van der Waals surface area contributed by atoms with E-state index in [1.54, 1.807) is 29.4 Å². The number of likely N-dealkylation sites (tertiary alicyclic amines) is 1. The average molecular weight is 407 g/mol. The Labute approximate surface area is 170 Å². The number of para-hydroxylation sites is 1. The Hall–Kier alpha value is -3.76. The van der Waals surface area contributed by atoms with Crippen LogP contribution in [0.25, 0.3) is 5.69 Å². The van der Waals surface area contributed by atoms with Crippen LogP contribution in [-0.2, 0) is 4.79 Å². The summed E-state index contributed by atoms with van der Waals surface area (Å²) in [6.07, 6.45) is 5.74. The van der Waals surface area contributed by atoms with Crippen molar-refractivity contribution < 1.29 is 9.18 Å². The molecule has 2 atom stereocenters. The van der Waals surface area contributed by atoms with Crippen molar-refractivity contribution in [3.05, 3.63) is 54.0 Å². The Morgan fingerprint density at radius 3 is 3.00 bits per heavy atom. The zero-order valence-electron chi connectivity index (χ0n) is 16.1. The predicted molar refractivity (Wildman–Crippen MR) is 105 cm³/mol. The minimum absolute atomic E-state index is 0.0295. The first-order chi connectivity index (χ1) is 14.6. The fourth-order valence-corrected chi connectivity index (χ4v) is 4.53. The number of hydrazine groups is 1. The van der Waals surface area contributed by atoms with Crippen LogP contribution in [0.5, 0.6) is 0 Å². The maximum atomic E-state index is 14.5. The van der Waals surface area contributed by atoms with Crippen LogP contribution in [0.2, 0.25) is 0 Å². The first-order valence-electron chi connectivity index (χ1n) is 9.77. The largest absolute Gasteiger partial charge is 0.334 e. The predicted octanol–water partition coefficient (Wildman–Crippen LogP) is 1.70. The van der Waals surface area contributed by atoms with Crippen LogP contribution in [-0.4, -0.2) is 48.3 Å². The van der Waals surface area contributed by atoms with E-state index in [1.807, 2.05) is 34.2 Å².